The maximum absolute atomic E-state index is 11.6. The van der Waals surface area contributed by atoms with Gasteiger partial charge in [0, 0.05) is 17.4 Å². The molecule has 0 amide bonds. The number of carbonyl (C=O) groups excluding carboxylic acids is 1. The van der Waals surface area contributed by atoms with Crippen LogP contribution in [0.5, 0.6) is 0 Å². The summed E-state index contributed by atoms with van der Waals surface area (Å²) in [5.41, 5.74) is 1.48. The molecule has 16 heavy (non-hydrogen) atoms. The van der Waals surface area contributed by atoms with Crippen LogP contribution in [-0.4, -0.2) is 36.0 Å². The third-order valence-corrected chi connectivity index (χ3v) is 3.49. The van der Waals surface area contributed by atoms with E-state index in [1.807, 2.05) is 6.08 Å². The van der Waals surface area contributed by atoms with Gasteiger partial charge in [-0.1, -0.05) is 12.2 Å². The van der Waals surface area contributed by atoms with Crippen LogP contribution < -0.4 is 0 Å². The molecule has 0 fully saturated rings. The number of ether oxygens (including phenoxy) is 1. The number of hydrogen-bond donors (Lipinski definition) is 2. The summed E-state index contributed by atoms with van der Waals surface area (Å²) in [5, 5.41) is 19.1. The number of carbonyl (C=O) groups is 1. The first-order valence-corrected chi connectivity index (χ1v) is 5.45. The molecule has 2 N–H and O–H groups in total. The Morgan fingerprint density at radius 2 is 2.25 bits per heavy atom. The molecule has 2 aliphatic carbocycles. The molecular weight excluding hydrogens is 208 g/mol. The van der Waals surface area contributed by atoms with Gasteiger partial charge < -0.3 is 14.9 Å². The van der Waals surface area contributed by atoms with Gasteiger partial charge in [0.15, 0.2) is 0 Å². The van der Waals surface area contributed by atoms with Gasteiger partial charge >= 0.3 is 5.97 Å². The summed E-state index contributed by atoms with van der Waals surface area (Å²) in [4.78, 5) is 11.6. The predicted octanol–water partition coefficient (Wildman–Crippen LogP) is 0.405. The molecule has 0 aromatic rings. The molecule has 0 saturated carbocycles. The largest absolute Gasteiger partial charge is 0.466 e. The lowest BCUT2D eigenvalue weighted by Gasteiger charge is -2.31. The van der Waals surface area contributed by atoms with Crippen molar-refractivity contribution < 1.29 is 19.7 Å². The van der Waals surface area contributed by atoms with Crippen LogP contribution in [0.25, 0.3) is 0 Å². The fourth-order valence-corrected chi connectivity index (χ4v) is 2.72. The van der Waals surface area contributed by atoms with E-state index >= 15 is 0 Å². The van der Waals surface area contributed by atoms with Crippen LogP contribution >= 0.6 is 0 Å². The predicted molar refractivity (Wildman–Crippen MR) is 57.5 cm³/mol. The zero-order valence-electron chi connectivity index (χ0n) is 9.22. The Kier molecular flexibility index (Phi) is 3.12. The summed E-state index contributed by atoms with van der Waals surface area (Å²) in [5.74, 6) is -0.475. The molecule has 2 aliphatic rings. The Bertz CT molecular complexity index is 356. The van der Waals surface area contributed by atoms with Gasteiger partial charge in [-0.2, -0.15) is 0 Å². The average Bonchev–Trinajstić information content (AvgIpc) is 2.73. The number of fused-ring (bicyclic) bond motifs is 1. The number of aliphatic hydroxyl groups excluding tert-OH is 2. The van der Waals surface area contributed by atoms with Crippen molar-refractivity contribution in [3.63, 3.8) is 0 Å². The second kappa shape index (κ2) is 4.39. The normalized spacial score (nSPS) is 32.8. The van der Waals surface area contributed by atoms with Crippen molar-refractivity contribution in [1.82, 2.24) is 0 Å². The minimum absolute atomic E-state index is 0.0293. The van der Waals surface area contributed by atoms with E-state index in [0.717, 1.165) is 5.57 Å². The maximum Gasteiger partial charge on any atom is 0.333 e. The van der Waals surface area contributed by atoms with E-state index in [2.05, 4.69) is 0 Å². The molecule has 0 spiro atoms. The summed E-state index contributed by atoms with van der Waals surface area (Å²) in [6.45, 7) is -0.0489. The van der Waals surface area contributed by atoms with Crippen molar-refractivity contribution in [2.24, 2.45) is 11.8 Å². The third kappa shape index (κ3) is 1.68. The number of rotatable bonds is 2. The van der Waals surface area contributed by atoms with Gasteiger partial charge in [0.1, 0.15) is 0 Å². The topological polar surface area (TPSA) is 66.8 Å². The zero-order chi connectivity index (χ0) is 11.7. The fourth-order valence-electron chi connectivity index (χ4n) is 2.72. The highest BCUT2D eigenvalue weighted by atomic mass is 16.5. The van der Waals surface area contributed by atoms with E-state index in [-0.39, 0.29) is 24.4 Å². The molecule has 4 nitrogen and oxygen atoms in total. The monoisotopic (exact) mass is 224 g/mol. The molecule has 0 aliphatic heterocycles. The summed E-state index contributed by atoms with van der Waals surface area (Å²) in [7, 11) is 1.36. The lowest BCUT2D eigenvalue weighted by atomic mass is 9.76. The van der Waals surface area contributed by atoms with E-state index in [1.54, 1.807) is 6.08 Å². The molecule has 88 valence electrons. The fraction of sp³-hybridized carbons (Fsp3) is 0.583. The Labute approximate surface area is 94.2 Å². The SMILES string of the molecule is COC(=O)C1=CCC(O)C2C(CO)=CCC12. The molecule has 0 saturated heterocycles. The minimum atomic E-state index is -0.501. The first kappa shape index (κ1) is 11.4. The molecule has 0 radical (unpaired) electrons. The molecule has 3 unspecified atom stereocenters. The Hall–Kier alpha value is -1.13. The zero-order valence-corrected chi connectivity index (χ0v) is 9.22. The summed E-state index contributed by atoms with van der Waals surface area (Å²) >= 11 is 0. The van der Waals surface area contributed by atoms with Crippen molar-refractivity contribution >= 4 is 5.97 Å². The number of methoxy groups -OCH3 is 1. The van der Waals surface area contributed by atoms with Gasteiger partial charge in [-0.15, -0.1) is 0 Å². The molecule has 2 rings (SSSR count). The van der Waals surface area contributed by atoms with Gasteiger partial charge in [0.05, 0.1) is 19.8 Å². The molecule has 0 bridgehead atoms. The van der Waals surface area contributed by atoms with Crippen molar-refractivity contribution in [2.45, 2.75) is 18.9 Å². The Morgan fingerprint density at radius 3 is 2.88 bits per heavy atom. The molecule has 0 aromatic carbocycles. The molecule has 4 heteroatoms. The highest BCUT2D eigenvalue weighted by Gasteiger charge is 2.41. The van der Waals surface area contributed by atoms with Gasteiger partial charge in [0.2, 0.25) is 0 Å². The van der Waals surface area contributed by atoms with E-state index < -0.39 is 6.10 Å². The van der Waals surface area contributed by atoms with Gasteiger partial charge in [-0.25, -0.2) is 4.79 Å². The third-order valence-electron chi connectivity index (χ3n) is 3.49. The van der Waals surface area contributed by atoms with Crippen molar-refractivity contribution in [3.05, 3.63) is 23.3 Å². The van der Waals surface area contributed by atoms with Crippen LogP contribution in [0, 0.1) is 11.8 Å². The standard InChI is InChI=1S/C12H16O4/c1-16-12(15)9-4-5-10(14)11-7(6-13)2-3-8(9)11/h2,4,8,10-11,13-14H,3,5-6H2,1H3. The van der Waals surface area contributed by atoms with Crippen LogP contribution in [0.1, 0.15) is 12.8 Å². The molecule has 3 atom stereocenters. The van der Waals surface area contributed by atoms with Gasteiger partial charge in [-0.3, -0.25) is 0 Å². The quantitative estimate of drug-likeness (QED) is 0.526. The lowest BCUT2D eigenvalue weighted by Crippen LogP contribution is -2.34. The van der Waals surface area contributed by atoms with Crippen LogP contribution in [0.4, 0.5) is 0 Å². The Morgan fingerprint density at radius 1 is 1.50 bits per heavy atom. The van der Waals surface area contributed by atoms with Crippen LogP contribution in [0.15, 0.2) is 23.3 Å². The first-order valence-electron chi connectivity index (χ1n) is 5.45. The van der Waals surface area contributed by atoms with Crippen molar-refractivity contribution in [2.75, 3.05) is 13.7 Å². The number of esters is 1. The second-order valence-corrected chi connectivity index (χ2v) is 4.26. The summed E-state index contributed by atoms with van der Waals surface area (Å²) < 4.78 is 4.73. The molecule has 0 aromatic heterocycles. The van der Waals surface area contributed by atoms with E-state index in [0.29, 0.717) is 18.4 Å². The average molecular weight is 224 g/mol. The van der Waals surface area contributed by atoms with Crippen LogP contribution in [0.3, 0.4) is 0 Å². The highest BCUT2D eigenvalue weighted by molar-refractivity contribution is 5.89. The maximum atomic E-state index is 11.6. The van der Waals surface area contributed by atoms with E-state index in [4.69, 9.17) is 4.74 Å². The number of allylic oxidation sites excluding steroid dienone is 1. The Balaban J connectivity index is 2.26. The van der Waals surface area contributed by atoms with Crippen LogP contribution in [0.2, 0.25) is 0 Å². The molecule has 0 heterocycles. The van der Waals surface area contributed by atoms with Gasteiger partial charge in [-0.05, 0) is 18.4 Å². The number of hydrogen-bond acceptors (Lipinski definition) is 4. The number of aliphatic hydroxyl groups is 2. The summed E-state index contributed by atoms with van der Waals surface area (Å²) in [6.07, 6.45) is 4.31. The second-order valence-electron chi connectivity index (χ2n) is 4.26. The van der Waals surface area contributed by atoms with E-state index in [1.165, 1.54) is 7.11 Å². The lowest BCUT2D eigenvalue weighted by molar-refractivity contribution is -0.137. The van der Waals surface area contributed by atoms with E-state index in [9.17, 15) is 15.0 Å². The van der Waals surface area contributed by atoms with Crippen molar-refractivity contribution in [3.8, 4) is 0 Å². The first-order chi connectivity index (χ1) is 7.69. The van der Waals surface area contributed by atoms with Gasteiger partial charge in [0.25, 0.3) is 0 Å². The highest BCUT2D eigenvalue weighted by Crippen LogP contribution is 2.43. The molecular formula is C12H16O4. The smallest absolute Gasteiger partial charge is 0.333 e. The van der Waals surface area contributed by atoms with Crippen molar-refractivity contribution in [1.29, 1.82) is 0 Å². The minimum Gasteiger partial charge on any atom is -0.466 e. The summed E-state index contributed by atoms with van der Waals surface area (Å²) in [6, 6.07) is 0. The van der Waals surface area contributed by atoms with Crippen LogP contribution in [-0.2, 0) is 9.53 Å².